The maximum atomic E-state index is 10.8. The molecular formula is C12H8N2O. The van der Waals surface area contributed by atoms with Gasteiger partial charge in [0.2, 0.25) is 0 Å². The first-order valence-corrected chi connectivity index (χ1v) is 4.48. The molecule has 3 heteroatoms. The maximum Gasteiger partial charge on any atom is 0.152 e. The summed E-state index contributed by atoms with van der Waals surface area (Å²) in [5.74, 6) is 0. The molecule has 0 unspecified atom stereocenters. The van der Waals surface area contributed by atoms with Crippen LogP contribution >= 0.6 is 0 Å². The lowest BCUT2D eigenvalue weighted by atomic mass is 10.1. The third-order valence-corrected chi connectivity index (χ3v) is 2.23. The summed E-state index contributed by atoms with van der Waals surface area (Å²) in [6.07, 6.45) is 5.57. The number of aldehydes is 1. The third-order valence-electron chi connectivity index (χ3n) is 2.23. The van der Waals surface area contributed by atoms with Crippen molar-refractivity contribution in [2.75, 3.05) is 0 Å². The molecule has 0 radical (unpaired) electrons. The first-order valence-electron chi connectivity index (χ1n) is 4.48. The Balaban J connectivity index is 2.73. The minimum absolute atomic E-state index is 0.614. The maximum absolute atomic E-state index is 10.8. The van der Waals surface area contributed by atoms with Crippen LogP contribution in [-0.2, 0) is 0 Å². The normalized spacial score (nSPS) is 10.6. The molecule has 72 valence electrons. The van der Waals surface area contributed by atoms with E-state index in [1.807, 2.05) is 24.3 Å². The van der Waals surface area contributed by atoms with Gasteiger partial charge in [-0.2, -0.15) is 5.26 Å². The second kappa shape index (κ2) is 3.81. The number of rotatable bonds is 2. The highest BCUT2D eigenvalue weighted by Crippen LogP contribution is 2.22. The van der Waals surface area contributed by atoms with E-state index in [-0.39, 0.29) is 0 Å². The highest BCUT2D eigenvalue weighted by molar-refractivity contribution is 6.01. The fraction of sp³-hybridized carbons (Fsp3) is 0. The second-order valence-electron chi connectivity index (χ2n) is 3.09. The van der Waals surface area contributed by atoms with Gasteiger partial charge in [0.05, 0.1) is 6.07 Å². The topological polar surface area (TPSA) is 56.6 Å². The average molecular weight is 196 g/mol. The molecule has 1 N–H and O–H groups in total. The fourth-order valence-electron chi connectivity index (χ4n) is 1.60. The van der Waals surface area contributed by atoms with Crippen molar-refractivity contribution in [2.45, 2.75) is 0 Å². The van der Waals surface area contributed by atoms with Crippen LogP contribution in [0.1, 0.15) is 15.9 Å². The van der Waals surface area contributed by atoms with Gasteiger partial charge < -0.3 is 4.98 Å². The fourth-order valence-corrected chi connectivity index (χ4v) is 1.60. The quantitative estimate of drug-likeness (QED) is 0.592. The molecule has 2 aromatic rings. The monoisotopic (exact) mass is 196 g/mol. The van der Waals surface area contributed by atoms with Gasteiger partial charge in [0.1, 0.15) is 0 Å². The number of hydrogen-bond donors (Lipinski definition) is 1. The number of allylic oxidation sites excluding steroid dienone is 1. The van der Waals surface area contributed by atoms with Crippen molar-refractivity contribution >= 4 is 23.3 Å². The van der Waals surface area contributed by atoms with E-state index >= 15 is 0 Å². The van der Waals surface area contributed by atoms with Gasteiger partial charge in [0.15, 0.2) is 6.29 Å². The van der Waals surface area contributed by atoms with Crippen molar-refractivity contribution in [3.05, 3.63) is 41.6 Å². The number of benzene rings is 1. The molecule has 1 heterocycles. The van der Waals surface area contributed by atoms with Crippen LogP contribution in [0.5, 0.6) is 0 Å². The molecule has 0 atom stereocenters. The van der Waals surface area contributed by atoms with Gasteiger partial charge in [-0.1, -0.05) is 12.1 Å². The van der Waals surface area contributed by atoms with Crippen molar-refractivity contribution in [2.24, 2.45) is 0 Å². The summed E-state index contributed by atoms with van der Waals surface area (Å²) in [4.78, 5) is 13.8. The van der Waals surface area contributed by atoms with E-state index in [9.17, 15) is 4.79 Å². The molecule has 0 saturated heterocycles. The lowest BCUT2D eigenvalue weighted by Gasteiger charge is -1.96. The van der Waals surface area contributed by atoms with Crippen LogP contribution in [0, 0.1) is 11.3 Å². The minimum atomic E-state index is 0.614. The van der Waals surface area contributed by atoms with Crippen LogP contribution in [0.15, 0.2) is 30.5 Å². The predicted octanol–water partition coefficient (Wildman–Crippen LogP) is 2.52. The number of aromatic amines is 1. The third kappa shape index (κ3) is 1.53. The Morgan fingerprint density at radius 3 is 2.93 bits per heavy atom. The van der Waals surface area contributed by atoms with Crippen LogP contribution in [0.3, 0.4) is 0 Å². The highest BCUT2D eigenvalue weighted by Gasteiger charge is 2.05. The molecular weight excluding hydrogens is 188 g/mol. The van der Waals surface area contributed by atoms with Crippen LogP contribution in [-0.4, -0.2) is 11.3 Å². The first kappa shape index (κ1) is 9.22. The number of hydrogen-bond acceptors (Lipinski definition) is 2. The smallest absolute Gasteiger partial charge is 0.152 e. The summed E-state index contributed by atoms with van der Waals surface area (Å²) in [6.45, 7) is 0. The van der Waals surface area contributed by atoms with Crippen molar-refractivity contribution < 1.29 is 4.79 Å². The number of nitriles is 1. The van der Waals surface area contributed by atoms with Gasteiger partial charge in [0.25, 0.3) is 0 Å². The largest absolute Gasteiger partial charge is 0.360 e. The van der Waals surface area contributed by atoms with Gasteiger partial charge in [-0.25, -0.2) is 0 Å². The Morgan fingerprint density at radius 1 is 1.33 bits per heavy atom. The van der Waals surface area contributed by atoms with Crippen LogP contribution in [0.2, 0.25) is 0 Å². The average Bonchev–Trinajstić information content (AvgIpc) is 2.69. The Morgan fingerprint density at radius 2 is 2.20 bits per heavy atom. The van der Waals surface area contributed by atoms with E-state index in [1.165, 1.54) is 6.08 Å². The summed E-state index contributed by atoms with van der Waals surface area (Å²) in [5, 5.41) is 9.32. The standard InChI is InChI=1S/C12H8N2O/c13-6-2-4-9-3-1-5-11-12(9)10(8-15)7-14-11/h1-5,7-8,14H. The number of H-pyrrole nitrogens is 1. The highest BCUT2D eigenvalue weighted by atomic mass is 16.1. The molecule has 0 spiro atoms. The van der Waals surface area contributed by atoms with Crippen LogP contribution < -0.4 is 0 Å². The number of carbonyl (C=O) groups excluding carboxylic acids is 1. The van der Waals surface area contributed by atoms with E-state index in [2.05, 4.69) is 4.98 Å². The number of aromatic nitrogens is 1. The molecule has 0 amide bonds. The molecule has 0 aliphatic heterocycles. The van der Waals surface area contributed by atoms with E-state index in [0.717, 1.165) is 22.8 Å². The SMILES string of the molecule is N#CC=Cc1cccc2[nH]cc(C=O)c12. The summed E-state index contributed by atoms with van der Waals surface area (Å²) >= 11 is 0. The Bertz CT molecular complexity index is 573. The van der Waals surface area contributed by atoms with E-state index in [4.69, 9.17) is 5.26 Å². The van der Waals surface area contributed by atoms with Crippen molar-refractivity contribution in [3.8, 4) is 6.07 Å². The minimum Gasteiger partial charge on any atom is -0.360 e. The van der Waals surface area contributed by atoms with Gasteiger partial charge >= 0.3 is 0 Å². The Labute approximate surface area is 86.6 Å². The molecule has 0 fully saturated rings. The first-order chi connectivity index (χ1) is 7.36. The predicted molar refractivity (Wildman–Crippen MR) is 58.3 cm³/mol. The zero-order valence-electron chi connectivity index (χ0n) is 7.90. The van der Waals surface area contributed by atoms with E-state index in [0.29, 0.717) is 5.56 Å². The summed E-state index contributed by atoms with van der Waals surface area (Å²) < 4.78 is 0. The zero-order valence-corrected chi connectivity index (χ0v) is 7.90. The van der Waals surface area contributed by atoms with Crippen molar-refractivity contribution in [1.82, 2.24) is 4.98 Å². The number of carbonyl (C=O) groups is 1. The summed E-state index contributed by atoms with van der Waals surface area (Å²) in [5.41, 5.74) is 2.39. The summed E-state index contributed by atoms with van der Waals surface area (Å²) in [6, 6.07) is 7.58. The van der Waals surface area contributed by atoms with Crippen molar-refractivity contribution in [3.63, 3.8) is 0 Å². The van der Waals surface area contributed by atoms with Crippen LogP contribution in [0.4, 0.5) is 0 Å². The van der Waals surface area contributed by atoms with Crippen LogP contribution in [0.25, 0.3) is 17.0 Å². The molecule has 0 aliphatic rings. The molecule has 0 aliphatic carbocycles. The number of fused-ring (bicyclic) bond motifs is 1. The lowest BCUT2D eigenvalue weighted by Crippen LogP contribution is -1.79. The van der Waals surface area contributed by atoms with Crippen molar-refractivity contribution in [1.29, 1.82) is 5.26 Å². The van der Waals surface area contributed by atoms with Gasteiger partial charge in [0, 0.05) is 28.7 Å². The zero-order chi connectivity index (χ0) is 10.7. The molecule has 3 nitrogen and oxygen atoms in total. The molecule has 0 bridgehead atoms. The van der Waals surface area contributed by atoms with Gasteiger partial charge in [-0.3, -0.25) is 4.79 Å². The van der Waals surface area contributed by atoms with Gasteiger partial charge in [-0.05, 0) is 17.7 Å². The molecule has 1 aromatic carbocycles. The van der Waals surface area contributed by atoms with E-state index in [1.54, 1.807) is 12.3 Å². The molecule has 1 aromatic heterocycles. The second-order valence-corrected chi connectivity index (χ2v) is 3.09. The number of nitrogens with zero attached hydrogens (tertiary/aromatic N) is 1. The Hall–Kier alpha value is -2.34. The number of nitrogens with one attached hydrogen (secondary N) is 1. The Kier molecular flexibility index (Phi) is 2.34. The molecule has 2 rings (SSSR count). The summed E-state index contributed by atoms with van der Waals surface area (Å²) in [7, 11) is 0. The lowest BCUT2D eigenvalue weighted by molar-refractivity contribution is 0.112. The molecule has 0 saturated carbocycles. The molecule has 15 heavy (non-hydrogen) atoms. The van der Waals surface area contributed by atoms with Gasteiger partial charge in [-0.15, -0.1) is 0 Å². The van der Waals surface area contributed by atoms with E-state index < -0.39 is 0 Å².